The van der Waals surface area contributed by atoms with Crippen LogP contribution in [0.5, 0.6) is 11.5 Å². The first-order valence-corrected chi connectivity index (χ1v) is 8.08. The van der Waals surface area contributed by atoms with Gasteiger partial charge in [0.2, 0.25) is 0 Å². The summed E-state index contributed by atoms with van der Waals surface area (Å²) < 4.78 is 11.0. The fraction of sp³-hybridized carbons (Fsp3) is 0.150. The van der Waals surface area contributed by atoms with Gasteiger partial charge in [-0.3, -0.25) is 0 Å². The molecule has 0 heterocycles. The van der Waals surface area contributed by atoms with Crippen molar-refractivity contribution in [3.05, 3.63) is 66.7 Å². The van der Waals surface area contributed by atoms with Gasteiger partial charge in [-0.2, -0.15) is 0 Å². The Balaban J connectivity index is 0.00000243. The number of nitrogens with two attached hydrogens (primary N) is 1. The van der Waals surface area contributed by atoms with Crippen molar-refractivity contribution < 1.29 is 9.47 Å². The highest BCUT2D eigenvalue weighted by Gasteiger charge is 2.01. The van der Waals surface area contributed by atoms with Gasteiger partial charge in [0.15, 0.2) is 5.96 Å². The molecule has 0 aliphatic carbocycles. The molecule has 3 rings (SSSR count). The van der Waals surface area contributed by atoms with Crippen LogP contribution in [0, 0.1) is 0 Å². The molecule has 0 aliphatic rings. The minimum atomic E-state index is 0. The first-order valence-electron chi connectivity index (χ1n) is 8.08. The molecule has 5 nitrogen and oxygen atoms in total. The van der Waals surface area contributed by atoms with Gasteiger partial charge < -0.3 is 20.5 Å². The van der Waals surface area contributed by atoms with Gasteiger partial charge >= 0.3 is 0 Å². The second kappa shape index (κ2) is 9.86. The molecule has 26 heavy (non-hydrogen) atoms. The summed E-state index contributed by atoms with van der Waals surface area (Å²) in [6.45, 7) is 0.917. The number of fused-ring (bicyclic) bond motifs is 1. The van der Waals surface area contributed by atoms with E-state index in [1.807, 2.05) is 54.6 Å². The molecule has 0 unspecified atom stereocenters. The van der Waals surface area contributed by atoms with Crippen molar-refractivity contribution in [3.63, 3.8) is 0 Å². The lowest BCUT2D eigenvalue weighted by Crippen LogP contribution is -2.23. The van der Waals surface area contributed by atoms with Crippen molar-refractivity contribution in [1.82, 2.24) is 0 Å². The number of halogens is 1. The molecule has 0 saturated heterocycles. The summed E-state index contributed by atoms with van der Waals surface area (Å²) >= 11 is 0. The van der Waals surface area contributed by atoms with Crippen LogP contribution in [-0.2, 0) is 0 Å². The Kier molecular flexibility index (Phi) is 7.53. The van der Waals surface area contributed by atoms with Gasteiger partial charge in [-0.25, -0.2) is 4.99 Å². The van der Waals surface area contributed by atoms with Crippen molar-refractivity contribution in [3.8, 4) is 11.5 Å². The first kappa shape index (κ1) is 19.8. The van der Waals surface area contributed by atoms with Crippen LogP contribution >= 0.6 is 24.0 Å². The predicted molar refractivity (Wildman–Crippen MR) is 118 cm³/mol. The SMILES string of the molecule is COc1cccc(NC(N)=NCCOc2cccc3ccccc23)c1.I. The van der Waals surface area contributed by atoms with E-state index in [2.05, 4.69) is 22.4 Å². The highest BCUT2D eigenvalue weighted by Crippen LogP contribution is 2.24. The van der Waals surface area contributed by atoms with Crippen LogP contribution in [0.25, 0.3) is 10.8 Å². The first-order chi connectivity index (χ1) is 12.3. The van der Waals surface area contributed by atoms with Crippen molar-refractivity contribution in [1.29, 1.82) is 0 Å². The summed E-state index contributed by atoms with van der Waals surface area (Å²) in [6.07, 6.45) is 0. The molecule has 6 heteroatoms. The van der Waals surface area contributed by atoms with Gasteiger partial charge in [0.05, 0.1) is 13.7 Å². The molecular weight excluding hydrogens is 441 g/mol. The summed E-state index contributed by atoms with van der Waals surface area (Å²) in [5.41, 5.74) is 6.74. The topological polar surface area (TPSA) is 68.9 Å². The van der Waals surface area contributed by atoms with Crippen LogP contribution in [0.2, 0.25) is 0 Å². The maximum Gasteiger partial charge on any atom is 0.193 e. The van der Waals surface area contributed by atoms with Gasteiger partial charge in [0, 0.05) is 17.1 Å². The lowest BCUT2D eigenvalue weighted by molar-refractivity contribution is 0.332. The van der Waals surface area contributed by atoms with Crippen LogP contribution in [0.4, 0.5) is 5.69 Å². The molecule has 3 aromatic rings. The summed E-state index contributed by atoms with van der Waals surface area (Å²) in [6, 6.07) is 21.7. The third kappa shape index (κ3) is 5.26. The summed E-state index contributed by atoms with van der Waals surface area (Å²) in [5, 5.41) is 5.29. The van der Waals surface area contributed by atoms with E-state index in [1.165, 1.54) is 0 Å². The molecule has 136 valence electrons. The standard InChI is InChI=1S/C20H21N3O2.HI/c1-24-17-9-5-8-16(14-17)23-20(21)22-12-13-25-19-11-4-7-15-6-2-3-10-18(15)19;/h2-11,14H,12-13H2,1H3,(H3,21,22,23);1H. The van der Waals surface area contributed by atoms with Gasteiger partial charge in [-0.15, -0.1) is 24.0 Å². The number of rotatable bonds is 6. The van der Waals surface area contributed by atoms with E-state index >= 15 is 0 Å². The monoisotopic (exact) mass is 463 g/mol. The summed E-state index contributed by atoms with van der Waals surface area (Å²) in [4.78, 5) is 4.29. The second-order valence-corrected chi connectivity index (χ2v) is 5.45. The van der Waals surface area contributed by atoms with Crippen LogP contribution in [0.3, 0.4) is 0 Å². The van der Waals surface area contributed by atoms with E-state index in [4.69, 9.17) is 15.2 Å². The Morgan fingerprint density at radius 2 is 1.81 bits per heavy atom. The lowest BCUT2D eigenvalue weighted by atomic mass is 10.1. The van der Waals surface area contributed by atoms with Crippen LogP contribution < -0.4 is 20.5 Å². The van der Waals surface area contributed by atoms with E-state index in [0.717, 1.165) is 28.0 Å². The zero-order chi connectivity index (χ0) is 17.5. The number of benzene rings is 3. The Hall–Kier alpha value is -2.48. The Bertz CT molecular complexity index is 878. The number of aliphatic imine (C=N–C) groups is 1. The van der Waals surface area contributed by atoms with Crippen molar-refractivity contribution in [2.75, 3.05) is 25.6 Å². The fourth-order valence-corrected chi connectivity index (χ4v) is 2.53. The van der Waals surface area contributed by atoms with E-state index in [1.54, 1.807) is 7.11 Å². The van der Waals surface area contributed by atoms with Crippen LogP contribution in [0.1, 0.15) is 0 Å². The van der Waals surface area contributed by atoms with Crippen molar-refractivity contribution >= 4 is 46.4 Å². The van der Waals surface area contributed by atoms with Crippen molar-refractivity contribution in [2.24, 2.45) is 10.7 Å². The molecule has 0 spiro atoms. The summed E-state index contributed by atoms with van der Waals surface area (Å²) in [7, 11) is 1.63. The van der Waals surface area contributed by atoms with E-state index in [0.29, 0.717) is 19.1 Å². The minimum absolute atomic E-state index is 0. The van der Waals surface area contributed by atoms with Crippen LogP contribution in [0.15, 0.2) is 71.7 Å². The zero-order valence-electron chi connectivity index (χ0n) is 14.5. The summed E-state index contributed by atoms with van der Waals surface area (Å²) in [5.74, 6) is 1.96. The maximum atomic E-state index is 5.91. The fourth-order valence-electron chi connectivity index (χ4n) is 2.53. The zero-order valence-corrected chi connectivity index (χ0v) is 16.8. The number of ether oxygens (including phenoxy) is 2. The number of methoxy groups -OCH3 is 1. The molecule has 0 radical (unpaired) electrons. The predicted octanol–water partition coefficient (Wildman–Crippen LogP) is 4.27. The molecule has 0 bridgehead atoms. The van der Waals surface area contributed by atoms with Gasteiger partial charge in [0.25, 0.3) is 0 Å². The second-order valence-electron chi connectivity index (χ2n) is 5.45. The Morgan fingerprint density at radius 3 is 2.65 bits per heavy atom. The molecule has 0 saturated carbocycles. The number of hydrogen-bond donors (Lipinski definition) is 2. The normalized spacial score (nSPS) is 10.9. The van der Waals surface area contributed by atoms with E-state index in [-0.39, 0.29) is 24.0 Å². The average molecular weight is 463 g/mol. The van der Waals surface area contributed by atoms with Gasteiger partial charge in [0.1, 0.15) is 18.1 Å². The lowest BCUT2D eigenvalue weighted by Gasteiger charge is -2.09. The average Bonchev–Trinajstić information content (AvgIpc) is 2.65. The highest BCUT2D eigenvalue weighted by atomic mass is 127. The number of nitrogens with zero attached hydrogens (tertiary/aromatic N) is 1. The number of nitrogens with one attached hydrogen (secondary N) is 1. The van der Waals surface area contributed by atoms with Gasteiger partial charge in [-0.1, -0.05) is 42.5 Å². The number of hydrogen-bond acceptors (Lipinski definition) is 3. The van der Waals surface area contributed by atoms with Crippen LogP contribution in [-0.4, -0.2) is 26.2 Å². The quantitative estimate of drug-likeness (QED) is 0.248. The molecule has 0 atom stereocenters. The highest BCUT2D eigenvalue weighted by molar-refractivity contribution is 14.0. The Morgan fingerprint density at radius 1 is 1.04 bits per heavy atom. The maximum absolute atomic E-state index is 5.91. The van der Waals surface area contributed by atoms with E-state index in [9.17, 15) is 0 Å². The molecule has 3 aromatic carbocycles. The van der Waals surface area contributed by atoms with Gasteiger partial charge in [-0.05, 0) is 23.6 Å². The number of anilines is 1. The minimum Gasteiger partial charge on any atom is -0.497 e. The Labute approximate surface area is 170 Å². The smallest absolute Gasteiger partial charge is 0.193 e. The molecule has 0 aliphatic heterocycles. The third-order valence-corrected chi connectivity index (χ3v) is 3.72. The molecular formula is C20H22IN3O2. The largest absolute Gasteiger partial charge is 0.497 e. The van der Waals surface area contributed by atoms with E-state index < -0.39 is 0 Å². The molecule has 0 amide bonds. The molecule has 0 fully saturated rings. The number of guanidine groups is 1. The third-order valence-electron chi connectivity index (χ3n) is 3.72. The van der Waals surface area contributed by atoms with Crippen molar-refractivity contribution in [2.45, 2.75) is 0 Å². The molecule has 3 N–H and O–H groups in total. The molecule has 0 aromatic heterocycles.